The molecule has 2 aromatic rings. The second-order valence-corrected chi connectivity index (χ2v) is 7.16. The molecule has 5 amide bonds. The fourth-order valence-corrected chi connectivity index (χ4v) is 3.19. The normalized spacial score (nSPS) is 14.1. The van der Waals surface area contributed by atoms with Gasteiger partial charge in [-0.25, -0.2) is 9.69 Å². The molecule has 3 rings (SSSR count). The molecule has 2 aromatic carbocycles. The molecule has 0 N–H and O–H groups in total. The first-order valence-electron chi connectivity index (χ1n) is 9.43. The predicted molar refractivity (Wildman–Crippen MR) is 106 cm³/mol. The van der Waals surface area contributed by atoms with Crippen LogP contribution in [0.15, 0.2) is 60.7 Å². The van der Waals surface area contributed by atoms with E-state index in [1.807, 2.05) is 60.7 Å². The molecule has 1 aliphatic rings. The fourth-order valence-electron chi connectivity index (χ4n) is 3.19. The third kappa shape index (κ3) is 4.51. The number of hydrogen-bond acceptors (Lipinski definition) is 4. The number of hydrogen-bond donors (Lipinski definition) is 0. The van der Waals surface area contributed by atoms with Gasteiger partial charge in [-0.2, -0.15) is 0 Å². The highest BCUT2D eigenvalue weighted by atomic mass is 16.2. The molecule has 0 unspecified atom stereocenters. The largest absolute Gasteiger partial charge is 0.334 e. The Hall–Kier alpha value is -3.48. The van der Waals surface area contributed by atoms with E-state index in [0.29, 0.717) is 13.1 Å². The number of rotatable bonds is 7. The van der Waals surface area contributed by atoms with Crippen LogP contribution in [0.25, 0.3) is 0 Å². The van der Waals surface area contributed by atoms with Gasteiger partial charge in [0.25, 0.3) is 0 Å². The maximum absolute atomic E-state index is 13.0. The third-order valence-electron chi connectivity index (χ3n) is 4.68. The van der Waals surface area contributed by atoms with E-state index < -0.39 is 36.3 Å². The number of amides is 5. The van der Waals surface area contributed by atoms with Crippen LogP contribution in [0.5, 0.6) is 0 Å². The zero-order valence-electron chi connectivity index (χ0n) is 16.4. The molecule has 1 fully saturated rings. The summed E-state index contributed by atoms with van der Waals surface area (Å²) in [5, 5.41) is 0. The molecular formula is C22H23N3O4. The van der Waals surface area contributed by atoms with E-state index >= 15 is 0 Å². The standard InChI is InChI=1S/C22H23N3O4/c1-16(2)25-21(28)20(27)24(22(25)29)15-19(26)23(13-17-9-5-3-6-10-17)14-18-11-7-4-8-12-18/h3-12,16H,13-15H2,1-2H3. The van der Waals surface area contributed by atoms with Gasteiger partial charge in [-0.1, -0.05) is 60.7 Å². The van der Waals surface area contributed by atoms with Crippen LogP contribution in [-0.2, 0) is 27.5 Å². The summed E-state index contributed by atoms with van der Waals surface area (Å²) in [6.45, 7) is 3.47. The van der Waals surface area contributed by atoms with Gasteiger partial charge in [0.15, 0.2) is 0 Å². The van der Waals surface area contributed by atoms with E-state index in [0.717, 1.165) is 20.9 Å². The van der Waals surface area contributed by atoms with Crippen LogP contribution in [0.3, 0.4) is 0 Å². The summed E-state index contributed by atoms with van der Waals surface area (Å²) < 4.78 is 0. The van der Waals surface area contributed by atoms with Crippen LogP contribution in [0.4, 0.5) is 4.79 Å². The lowest BCUT2D eigenvalue weighted by atomic mass is 10.1. The molecule has 0 bridgehead atoms. The first-order chi connectivity index (χ1) is 13.9. The summed E-state index contributed by atoms with van der Waals surface area (Å²) >= 11 is 0. The number of imide groups is 2. The average Bonchev–Trinajstić information content (AvgIpc) is 2.92. The Morgan fingerprint density at radius 2 is 1.31 bits per heavy atom. The first kappa shape index (κ1) is 20.3. The zero-order valence-corrected chi connectivity index (χ0v) is 16.4. The number of benzene rings is 2. The molecule has 29 heavy (non-hydrogen) atoms. The van der Waals surface area contributed by atoms with Gasteiger partial charge in [0.05, 0.1) is 0 Å². The van der Waals surface area contributed by atoms with Crippen molar-refractivity contribution < 1.29 is 19.2 Å². The number of nitrogens with zero attached hydrogens (tertiary/aromatic N) is 3. The van der Waals surface area contributed by atoms with Crippen LogP contribution in [0.2, 0.25) is 0 Å². The molecule has 0 atom stereocenters. The predicted octanol–water partition coefficient (Wildman–Crippen LogP) is 2.41. The molecule has 0 saturated carbocycles. The van der Waals surface area contributed by atoms with Crippen LogP contribution in [-0.4, -0.2) is 51.0 Å². The van der Waals surface area contributed by atoms with Crippen molar-refractivity contribution in [3.8, 4) is 0 Å². The van der Waals surface area contributed by atoms with E-state index in [1.165, 1.54) is 0 Å². The highest BCUT2D eigenvalue weighted by Crippen LogP contribution is 2.17. The van der Waals surface area contributed by atoms with Crippen molar-refractivity contribution in [2.45, 2.75) is 33.0 Å². The second-order valence-electron chi connectivity index (χ2n) is 7.16. The Kier molecular flexibility index (Phi) is 6.07. The number of urea groups is 1. The van der Waals surface area contributed by atoms with E-state index in [4.69, 9.17) is 0 Å². The lowest BCUT2D eigenvalue weighted by Crippen LogP contribution is -2.43. The minimum absolute atomic E-state index is 0.326. The van der Waals surface area contributed by atoms with Crippen LogP contribution in [0, 0.1) is 0 Å². The van der Waals surface area contributed by atoms with E-state index in [2.05, 4.69) is 0 Å². The fraction of sp³-hybridized carbons (Fsp3) is 0.273. The Bertz CT molecular complexity index is 871. The lowest BCUT2D eigenvalue weighted by molar-refractivity contribution is -0.145. The molecule has 7 nitrogen and oxygen atoms in total. The molecule has 1 heterocycles. The third-order valence-corrected chi connectivity index (χ3v) is 4.68. The molecule has 0 spiro atoms. The van der Waals surface area contributed by atoms with E-state index in [1.54, 1.807) is 18.7 Å². The van der Waals surface area contributed by atoms with Crippen molar-refractivity contribution in [2.75, 3.05) is 6.54 Å². The van der Waals surface area contributed by atoms with E-state index in [-0.39, 0.29) is 0 Å². The van der Waals surface area contributed by atoms with Gasteiger partial charge in [0, 0.05) is 19.1 Å². The molecular weight excluding hydrogens is 370 g/mol. The topological polar surface area (TPSA) is 78.0 Å². The van der Waals surface area contributed by atoms with Gasteiger partial charge in [-0.15, -0.1) is 0 Å². The summed E-state index contributed by atoms with van der Waals surface area (Å²) in [6, 6.07) is 17.7. The monoisotopic (exact) mass is 393 g/mol. The van der Waals surface area contributed by atoms with Gasteiger partial charge in [-0.05, 0) is 25.0 Å². The molecule has 1 aliphatic heterocycles. The molecule has 0 aliphatic carbocycles. The Morgan fingerprint density at radius 3 is 1.72 bits per heavy atom. The van der Waals surface area contributed by atoms with Crippen molar-refractivity contribution >= 4 is 23.8 Å². The van der Waals surface area contributed by atoms with Crippen molar-refractivity contribution in [2.24, 2.45) is 0 Å². The smallest absolute Gasteiger partial charge is 0.332 e. The van der Waals surface area contributed by atoms with Gasteiger partial charge in [0.1, 0.15) is 6.54 Å². The SMILES string of the molecule is CC(C)N1C(=O)C(=O)N(CC(=O)N(Cc2ccccc2)Cc2ccccc2)C1=O. The van der Waals surface area contributed by atoms with Crippen LogP contribution < -0.4 is 0 Å². The van der Waals surface area contributed by atoms with Crippen LogP contribution >= 0.6 is 0 Å². The Balaban J connectivity index is 1.80. The summed E-state index contributed by atoms with van der Waals surface area (Å²) in [7, 11) is 0. The minimum atomic E-state index is -0.962. The molecule has 150 valence electrons. The highest BCUT2D eigenvalue weighted by Gasteiger charge is 2.46. The Morgan fingerprint density at radius 1 is 0.828 bits per heavy atom. The Labute approximate surface area is 169 Å². The van der Waals surface area contributed by atoms with Crippen LogP contribution in [0.1, 0.15) is 25.0 Å². The van der Waals surface area contributed by atoms with E-state index in [9.17, 15) is 19.2 Å². The molecule has 7 heteroatoms. The lowest BCUT2D eigenvalue weighted by Gasteiger charge is -2.25. The summed E-state index contributed by atoms with van der Waals surface area (Å²) in [5.74, 6) is -2.26. The van der Waals surface area contributed by atoms with Crippen molar-refractivity contribution in [3.63, 3.8) is 0 Å². The molecule has 0 radical (unpaired) electrons. The maximum atomic E-state index is 13.0. The highest BCUT2D eigenvalue weighted by molar-refractivity contribution is 6.45. The van der Waals surface area contributed by atoms with Crippen molar-refractivity contribution in [3.05, 3.63) is 71.8 Å². The molecule has 0 aromatic heterocycles. The van der Waals surface area contributed by atoms with Crippen molar-refractivity contribution in [1.82, 2.24) is 14.7 Å². The quantitative estimate of drug-likeness (QED) is 0.535. The van der Waals surface area contributed by atoms with Gasteiger partial charge in [0.2, 0.25) is 5.91 Å². The number of carbonyl (C=O) groups excluding carboxylic acids is 4. The van der Waals surface area contributed by atoms with Gasteiger partial charge < -0.3 is 4.90 Å². The maximum Gasteiger partial charge on any atom is 0.334 e. The number of carbonyl (C=O) groups is 4. The summed E-state index contributed by atoms with van der Waals surface area (Å²) in [4.78, 5) is 53.0. The van der Waals surface area contributed by atoms with Gasteiger partial charge >= 0.3 is 17.8 Å². The average molecular weight is 393 g/mol. The minimum Gasteiger partial charge on any atom is -0.332 e. The van der Waals surface area contributed by atoms with Crippen molar-refractivity contribution in [1.29, 1.82) is 0 Å². The molecule has 1 saturated heterocycles. The van der Waals surface area contributed by atoms with Gasteiger partial charge in [-0.3, -0.25) is 19.3 Å². The first-order valence-corrected chi connectivity index (χ1v) is 9.43. The second kappa shape index (κ2) is 8.68. The summed E-state index contributed by atoms with van der Waals surface area (Å²) in [5.41, 5.74) is 1.85. The summed E-state index contributed by atoms with van der Waals surface area (Å²) in [6.07, 6.45) is 0. The zero-order chi connectivity index (χ0) is 21.0.